The van der Waals surface area contributed by atoms with E-state index >= 15 is 0 Å². The summed E-state index contributed by atoms with van der Waals surface area (Å²) in [6, 6.07) is 15.2. The van der Waals surface area contributed by atoms with Crippen LogP contribution in [0.2, 0.25) is 5.02 Å². The molecule has 2 aliphatic carbocycles. The molecule has 0 fully saturated rings. The van der Waals surface area contributed by atoms with Crippen LogP contribution in [0, 0.1) is 11.3 Å². The summed E-state index contributed by atoms with van der Waals surface area (Å²) in [5, 5.41) is 0.585. The van der Waals surface area contributed by atoms with Crippen LogP contribution in [0.4, 0.5) is 0 Å². The molecule has 0 saturated carbocycles. The molecule has 0 spiro atoms. The molecule has 2 unspecified atom stereocenters. The highest BCUT2D eigenvalue weighted by Gasteiger charge is 2.50. The standard InChI is InChI=1S/C24H20ClNO2/c1-24(2)11-17-20(18(27)12-24)19(15-9-5-6-10-16(15)25)21-22(26-17)13-7-3-4-8-14(13)23(21)28/h3-10,19,21H,11-12H2,1-2H3. The number of aliphatic imine (C=N–C) groups is 1. The van der Waals surface area contributed by atoms with E-state index in [1.165, 1.54) is 0 Å². The van der Waals surface area contributed by atoms with Gasteiger partial charge in [-0.05, 0) is 23.5 Å². The summed E-state index contributed by atoms with van der Waals surface area (Å²) < 4.78 is 0. The van der Waals surface area contributed by atoms with Crippen molar-refractivity contribution in [1.82, 2.24) is 0 Å². The molecule has 0 saturated heterocycles. The molecule has 0 bridgehead atoms. The number of carbonyl (C=O) groups is 2. The van der Waals surface area contributed by atoms with Crippen LogP contribution < -0.4 is 0 Å². The topological polar surface area (TPSA) is 46.5 Å². The maximum absolute atomic E-state index is 13.4. The van der Waals surface area contributed by atoms with Crippen molar-refractivity contribution in [1.29, 1.82) is 0 Å². The van der Waals surface area contributed by atoms with Crippen molar-refractivity contribution in [3.63, 3.8) is 0 Å². The van der Waals surface area contributed by atoms with E-state index in [1.54, 1.807) is 0 Å². The first-order valence-corrected chi connectivity index (χ1v) is 9.98. The van der Waals surface area contributed by atoms with Gasteiger partial charge in [-0.15, -0.1) is 0 Å². The van der Waals surface area contributed by atoms with Crippen molar-refractivity contribution in [3.8, 4) is 0 Å². The molecular weight excluding hydrogens is 370 g/mol. The maximum Gasteiger partial charge on any atom is 0.173 e. The van der Waals surface area contributed by atoms with E-state index < -0.39 is 5.92 Å². The molecule has 5 rings (SSSR count). The van der Waals surface area contributed by atoms with Crippen LogP contribution in [-0.2, 0) is 4.79 Å². The van der Waals surface area contributed by atoms with Gasteiger partial charge >= 0.3 is 0 Å². The molecule has 2 aromatic rings. The summed E-state index contributed by atoms with van der Waals surface area (Å²) in [5.41, 5.74) is 4.56. The fourth-order valence-corrected chi connectivity index (χ4v) is 5.20. The number of ketones is 2. The molecular formula is C24H20ClNO2. The van der Waals surface area contributed by atoms with Crippen molar-refractivity contribution >= 4 is 28.9 Å². The van der Waals surface area contributed by atoms with Crippen LogP contribution in [0.25, 0.3) is 0 Å². The van der Waals surface area contributed by atoms with E-state index in [9.17, 15) is 9.59 Å². The third-order valence-corrected chi connectivity index (χ3v) is 6.43. The van der Waals surface area contributed by atoms with Crippen LogP contribution in [-0.4, -0.2) is 17.3 Å². The lowest BCUT2D eigenvalue weighted by Crippen LogP contribution is -2.37. The zero-order valence-corrected chi connectivity index (χ0v) is 16.6. The summed E-state index contributed by atoms with van der Waals surface area (Å²) in [6.45, 7) is 4.19. The molecule has 28 heavy (non-hydrogen) atoms. The highest BCUT2D eigenvalue weighted by molar-refractivity contribution is 6.33. The molecule has 0 amide bonds. The Morgan fingerprint density at radius 3 is 2.36 bits per heavy atom. The number of benzene rings is 2. The second-order valence-electron chi connectivity index (χ2n) is 8.69. The fraction of sp³-hybridized carbons (Fsp3) is 0.292. The van der Waals surface area contributed by atoms with Gasteiger partial charge in [0.2, 0.25) is 0 Å². The fourth-order valence-electron chi connectivity index (χ4n) is 4.95. The van der Waals surface area contributed by atoms with Crippen molar-refractivity contribution < 1.29 is 9.59 Å². The van der Waals surface area contributed by atoms with E-state index in [1.807, 2.05) is 48.5 Å². The second kappa shape index (κ2) is 5.99. The third kappa shape index (κ3) is 2.46. The summed E-state index contributed by atoms with van der Waals surface area (Å²) >= 11 is 6.56. The summed E-state index contributed by atoms with van der Waals surface area (Å²) in [5.74, 6) is -0.743. The Bertz CT molecular complexity index is 1110. The maximum atomic E-state index is 13.4. The second-order valence-corrected chi connectivity index (χ2v) is 9.09. The van der Waals surface area contributed by atoms with E-state index in [-0.39, 0.29) is 22.9 Å². The molecule has 3 aliphatic rings. The number of Topliss-reactive ketones (excluding diaryl/α,β-unsaturated/α-hetero) is 2. The molecule has 2 aromatic carbocycles. The molecule has 0 radical (unpaired) electrons. The van der Waals surface area contributed by atoms with Gasteiger partial charge in [-0.1, -0.05) is 67.9 Å². The lowest BCUT2D eigenvalue weighted by atomic mass is 9.66. The highest BCUT2D eigenvalue weighted by Crippen LogP contribution is 2.52. The van der Waals surface area contributed by atoms with Crippen LogP contribution in [0.15, 0.2) is 64.8 Å². The number of nitrogens with zero attached hydrogens (tertiary/aromatic N) is 1. The minimum Gasteiger partial charge on any atom is -0.294 e. The predicted molar refractivity (Wildman–Crippen MR) is 110 cm³/mol. The van der Waals surface area contributed by atoms with Gasteiger partial charge in [-0.2, -0.15) is 0 Å². The molecule has 0 N–H and O–H groups in total. The van der Waals surface area contributed by atoms with Gasteiger partial charge in [0.05, 0.1) is 11.6 Å². The number of hydrogen-bond donors (Lipinski definition) is 0. The zero-order valence-electron chi connectivity index (χ0n) is 15.8. The van der Waals surface area contributed by atoms with Gasteiger partial charge in [0, 0.05) is 39.8 Å². The number of hydrogen-bond acceptors (Lipinski definition) is 3. The predicted octanol–water partition coefficient (Wildman–Crippen LogP) is 5.38. The molecule has 3 nitrogen and oxygen atoms in total. The highest BCUT2D eigenvalue weighted by atomic mass is 35.5. The lowest BCUT2D eigenvalue weighted by molar-refractivity contribution is -0.118. The van der Waals surface area contributed by atoms with E-state index in [4.69, 9.17) is 16.6 Å². The number of allylic oxidation sites excluding steroid dienone is 2. The molecule has 140 valence electrons. The number of rotatable bonds is 1. The summed E-state index contributed by atoms with van der Waals surface area (Å²) in [7, 11) is 0. The third-order valence-electron chi connectivity index (χ3n) is 6.08. The smallest absolute Gasteiger partial charge is 0.173 e. The molecule has 1 aliphatic heterocycles. The van der Waals surface area contributed by atoms with Gasteiger partial charge in [-0.3, -0.25) is 14.6 Å². The average molecular weight is 390 g/mol. The first-order valence-electron chi connectivity index (χ1n) is 9.60. The van der Waals surface area contributed by atoms with Crippen molar-refractivity contribution in [3.05, 3.63) is 81.5 Å². The number of fused-ring (bicyclic) bond motifs is 3. The quantitative estimate of drug-likeness (QED) is 0.657. The first-order chi connectivity index (χ1) is 13.4. The lowest BCUT2D eigenvalue weighted by Gasteiger charge is -2.38. The van der Waals surface area contributed by atoms with E-state index in [2.05, 4.69) is 13.8 Å². The van der Waals surface area contributed by atoms with Gasteiger partial charge in [0.25, 0.3) is 0 Å². The number of carbonyl (C=O) groups excluding carboxylic acids is 2. The average Bonchev–Trinajstić information content (AvgIpc) is 2.92. The first kappa shape index (κ1) is 17.6. The van der Waals surface area contributed by atoms with Gasteiger partial charge in [0.1, 0.15) is 0 Å². The largest absolute Gasteiger partial charge is 0.294 e. The van der Waals surface area contributed by atoms with Crippen LogP contribution in [0.3, 0.4) is 0 Å². The molecule has 4 heteroatoms. The Labute approximate surface area is 169 Å². The van der Waals surface area contributed by atoms with Crippen LogP contribution in [0.1, 0.15) is 54.1 Å². The summed E-state index contributed by atoms with van der Waals surface area (Å²) in [6.07, 6.45) is 1.19. The van der Waals surface area contributed by atoms with Crippen molar-refractivity contribution in [2.24, 2.45) is 16.3 Å². The molecule has 2 atom stereocenters. The van der Waals surface area contributed by atoms with Gasteiger partial charge in [-0.25, -0.2) is 0 Å². The Morgan fingerprint density at radius 2 is 1.61 bits per heavy atom. The minimum absolute atomic E-state index is 0.0310. The molecule has 0 aromatic heterocycles. The van der Waals surface area contributed by atoms with Crippen molar-refractivity contribution in [2.45, 2.75) is 32.6 Å². The van der Waals surface area contributed by atoms with Crippen LogP contribution >= 0.6 is 11.6 Å². The van der Waals surface area contributed by atoms with Gasteiger partial charge < -0.3 is 0 Å². The van der Waals surface area contributed by atoms with E-state index in [0.29, 0.717) is 22.6 Å². The van der Waals surface area contributed by atoms with Gasteiger partial charge in [0.15, 0.2) is 11.6 Å². The van der Waals surface area contributed by atoms with Crippen LogP contribution in [0.5, 0.6) is 0 Å². The monoisotopic (exact) mass is 389 g/mol. The zero-order chi connectivity index (χ0) is 19.6. The van der Waals surface area contributed by atoms with E-state index in [0.717, 1.165) is 29.0 Å². The Hall–Kier alpha value is -2.52. The molecule has 1 heterocycles. The Balaban J connectivity index is 1.79. The SMILES string of the molecule is CC1(C)CC(=O)C2=C(C1)N=C1c3ccccc3C(=O)C1C2c1ccccc1Cl. The van der Waals surface area contributed by atoms with Crippen molar-refractivity contribution in [2.75, 3.05) is 0 Å². The number of halogens is 1. The summed E-state index contributed by atoms with van der Waals surface area (Å²) in [4.78, 5) is 31.5. The normalized spacial score (nSPS) is 25.2. The Morgan fingerprint density at radius 1 is 0.929 bits per heavy atom. The Kier molecular flexibility index (Phi) is 3.76. The minimum atomic E-state index is -0.485.